The normalized spacial score (nSPS) is 15.5. The van der Waals surface area contributed by atoms with Gasteiger partial charge in [-0.3, -0.25) is 28.9 Å². The Morgan fingerprint density at radius 2 is 1.67 bits per heavy atom. The fourth-order valence-electron chi connectivity index (χ4n) is 3.83. The smallest absolute Gasteiger partial charge is 0.242 e. The number of nitrogens with one attached hydrogen (secondary N) is 4. The van der Waals surface area contributed by atoms with Gasteiger partial charge in [0.05, 0.1) is 24.4 Å². The monoisotopic (exact) mass is 629 g/mol. The Bertz CT molecular complexity index is 889. The van der Waals surface area contributed by atoms with Crippen LogP contribution in [0.5, 0.6) is 0 Å². The molecule has 246 valence electrons. The average Bonchev–Trinajstić information content (AvgIpc) is 3.20. The number of carbonyl (C=O) groups is 5. The van der Waals surface area contributed by atoms with E-state index in [0.717, 1.165) is 17.7 Å². The zero-order valence-corrected chi connectivity index (χ0v) is 26.9. The van der Waals surface area contributed by atoms with E-state index >= 15 is 0 Å². The minimum absolute atomic E-state index is 0.000559. The van der Waals surface area contributed by atoms with Crippen LogP contribution >= 0.6 is 11.8 Å². The number of rotatable bonds is 26. The summed E-state index contributed by atoms with van der Waals surface area (Å²) >= 11 is 1.18. The van der Waals surface area contributed by atoms with Gasteiger partial charge < -0.3 is 35.5 Å². The van der Waals surface area contributed by atoms with E-state index in [2.05, 4.69) is 41.7 Å². The minimum Gasteiger partial charge on any atom is -0.477 e. The van der Waals surface area contributed by atoms with E-state index in [-0.39, 0.29) is 67.9 Å². The van der Waals surface area contributed by atoms with Gasteiger partial charge in [0.25, 0.3) is 0 Å². The van der Waals surface area contributed by atoms with Gasteiger partial charge in [0.15, 0.2) is 5.88 Å². The number of hydrogen-bond acceptors (Lipinski definition) is 10. The van der Waals surface area contributed by atoms with Crippen molar-refractivity contribution in [3.05, 3.63) is 12.5 Å². The molecule has 1 rings (SSSR count). The van der Waals surface area contributed by atoms with Gasteiger partial charge in [-0.15, -0.1) is 11.8 Å². The van der Waals surface area contributed by atoms with E-state index in [1.165, 1.54) is 11.8 Å². The maximum Gasteiger partial charge on any atom is 0.242 e. The predicted molar refractivity (Wildman–Crippen MR) is 165 cm³/mol. The van der Waals surface area contributed by atoms with Crippen molar-refractivity contribution in [2.75, 3.05) is 51.8 Å². The molecule has 0 aromatic rings. The van der Waals surface area contributed by atoms with Crippen LogP contribution in [0.2, 0.25) is 0 Å². The number of imide groups is 1. The molecule has 1 saturated heterocycles. The van der Waals surface area contributed by atoms with E-state index in [0.29, 0.717) is 57.5 Å². The second kappa shape index (κ2) is 22.7. The van der Waals surface area contributed by atoms with Crippen LogP contribution in [-0.2, 0) is 38.2 Å². The molecule has 0 aromatic heterocycles. The molecular formula is C29H51N5O8S. The lowest BCUT2D eigenvalue weighted by Gasteiger charge is -2.19. The first-order chi connectivity index (χ1) is 20.5. The molecular weight excluding hydrogens is 578 g/mol. The lowest BCUT2D eigenvalue weighted by atomic mass is 10.1. The first-order valence-corrected chi connectivity index (χ1v) is 16.0. The fraction of sp³-hybridized carbons (Fsp3) is 0.759. The molecule has 1 fully saturated rings. The molecule has 0 bridgehead atoms. The van der Waals surface area contributed by atoms with E-state index < -0.39 is 11.4 Å². The number of likely N-dealkylation sites (tertiary alicyclic amines) is 1. The molecule has 1 aliphatic rings. The largest absolute Gasteiger partial charge is 0.477 e. The number of ether oxygens (including phenoxy) is 3. The third-order valence-electron chi connectivity index (χ3n) is 6.10. The maximum atomic E-state index is 12.8. The van der Waals surface area contributed by atoms with Gasteiger partial charge in [-0.2, -0.15) is 0 Å². The molecule has 2 atom stereocenters. The van der Waals surface area contributed by atoms with Crippen molar-refractivity contribution in [3.8, 4) is 0 Å². The van der Waals surface area contributed by atoms with Crippen LogP contribution in [0.1, 0.15) is 66.2 Å². The summed E-state index contributed by atoms with van der Waals surface area (Å²) in [5.41, 5.74) is 0. The molecule has 0 radical (unpaired) electrons. The molecule has 1 aliphatic heterocycles. The molecule has 1 heterocycles. The van der Waals surface area contributed by atoms with E-state index in [4.69, 9.17) is 14.2 Å². The lowest BCUT2D eigenvalue weighted by molar-refractivity contribution is -0.138. The van der Waals surface area contributed by atoms with Crippen molar-refractivity contribution in [2.45, 2.75) is 83.7 Å². The molecule has 14 heteroatoms. The van der Waals surface area contributed by atoms with Crippen LogP contribution in [0.15, 0.2) is 12.5 Å². The first kappa shape index (κ1) is 38.2. The van der Waals surface area contributed by atoms with E-state index in [1.54, 1.807) is 0 Å². The quantitative estimate of drug-likeness (QED) is 0.0360. The van der Waals surface area contributed by atoms with Gasteiger partial charge >= 0.3 is 0 Å². The number of amides is 5. The molecule has 4 N–H and O–H groups in total. The maximum absolute atomic E-state index is 12.8. The summed E-state index contributed by atoms with van der Waals surface area (Å²) in [6, 6.07) is 0. The molecule has 2 unspecified atom stereocenters. The molecule has 5 amide bonds. The van der Waals surface area contributed by atoms with Crippen LogP contribution in [0.25, 0.3) is 0 Å². The predicted octanol–water partition coefficient (Wildman–Crippen LogP) is 1.28. The zero-order valence-electron chi connectivity index (χ0n) is 26.1. The topological polar surface area (TPSA) is 164 Å². The van der Waals surface area contributed by atoms with Crippen molar-refractivity contribution in [3.63, 3.8) is 0 Å². The highest BCUT2D eigenvalue weighted by Gasteiger charge is 2.39. The van der Waals surface area contributed by atoms with Gasteiger partial charge in [-0.25, -0.2) is 0 Å². The van der Waals surface area contributed by atoms with Crippen molar-refractivity contribution >= 4 is 41.8 Å². The molecule has 0 spiro atoms. The summed E-state index contributed by atoms with van der Waals surface area (Å²) < 4.78 is 16.4. The summed E-state index contributed by atoms with van der Waals surface area (Å²) in [5, 5.41) is 10.4. The van der Waals surface area contributed by atoms with Crippen LogP contribution in [0, 0.1) is 5.92 Å². The number of hydrogen-bond donors (Lipinski definition) is 4. The highest BCUT2D eigenvalue weighted by atomic mass is 32.2. The van der Waals surface area contributed by atoms with Gasteiger partial charge in [0.2, 0.25) is 30.0 Å². The summed E-state index contributed by atoms with van der Waals surface area (Å²) in [6.45, 7) is 14.9. The van der Waals surface area contributed by atoms with Crippen LogP contribution < -0.4 is 21.3 Å². The SMILES string of the molecule is C=C(NCCCOCCCNC(=O)CCN1C(=O)CC(SCC(NC=O)NC(=O)CCOCCC(C)C)C1=O)OC(C)C. The molecule has 13 nitrogen and oxygen atoms in total. The van der Waals surface area contributed by atoms with Crippen LogP contribution in [-0.4, -0.2) is 104 Å². The Labute approximate surface area is 259 Å². The first-order valence-electron chi connectivity index (χ1n) is 15.0. The number of thioether (sulfide) groups is 1. The van der Waals surface area contributed by atoms with Gasteiger partial charge in [0.1, 0.15) is 6.17 Å². The number of nitrogens with zero attached hydrogens (tertiary/aromatic N) is 1. The molecule has 43 heavy (non-hydrogen) atoms. The highest BCUT2D eigenvalue weighted by molar-refractivity contribution is 8.00. The van der Waals surface area contributed by atoms with Crippen molar-refractivity contribution < 1.29 is 38.2 Å². The van der Waals surface area contributed by atoms with Crippen molar-refractivity contribution in [1.82, 2.24) is 26.2 Å². The minimum atomic E-state index is -0.696. The fourth-order valence-corrected chi connectivity index (χ4v) is 4.96. The molecule has 0 saturated carbocycles. The highest BCUT2D eigenvalue weighted by Crippen LogP contribution is 2.25. The Hall–Kier alpha value is -2.84. The van der Waals surface area contributed by atoms with Gasteiger partial charge in [-0.05, 0) is 45.6 Å². The van der Waals surface area contributed by atoms with Gasteiger partial charge in [-0.1, -0.05) is 13.8 Å². The second-order valence-electron chi connectivity index (χ2n) is 10.8. The molecule has 0 aromatic carbocycles. The zero-order chi connectivity index (χ0) is 32.0. The van der Waals surface area contributed by atoms with Crippen molar-refractivity contribution in [2.24, 2.45) is 5.92 Å². The average molecular weight is 630 g/mol. The standard InChI is InChI=1S/C29H51N5O8S/c1-21(2)9-16-41-17-10-27(37)33-25(32-20-35)19-43-24-18-28(38)34(29(24)39)13-8-26(36)31-12-7-15-40-14-6-11-30-23(5)42-22(3)4/h20-22,24-25,30H,5-19H2,1-4H3,(H,31,36)(H,32,35)(H,33,37). The van der Waals surface area contributed by atoms with Crippen molar-refractivity contribution in [1.29, 1.82) is 0 Å². The second-order valence-corrected chi connectivity index (χ2v) is 12.0. The summed E-state index contributed by atoms with van der Waals surface area (Å²) in [7, 11) is 0. The summed E-state index contributed by atoms with van der Waals surface area (Å²) in [4.78, 5) is 61.8. The summed E-state index contributed by atoms with van der Waals surface area (Å²) in [6.07, 6.45) is 2.35. The van der Waals surface area contributed by atoms with Crippen LogP contribution in [0.3, 0.4) is 0 Å². The van der Waals surface area contributed by atoms with Crippen LogP contribution in [0.4, 0.5) is 0 Å². The third kappa shape index (κ3) is 18.4. The number of carbonyl (C=O) groups excluding carboxylic acids is 5. The Balaban J connectivity index is 2.23. The Morgan fingerprint density at radius 3 is 2.33 bits per heavy atom. The van der Waals surface area contributed by atoms with E-state index in [9.17, 15) is 24.0 Å². The Morgan fingerprint density at radius 1 is 1.00 bits per heavy atom. The van der Waals surface area contributed by atoms with Gasteiger partial charge in [0, 0.05) is 58.0 Å². The Kier molecular flexibility index (Phi) is 20.1. The third-order valence-corrected chi connectivity index (χ3v) is 7.40. The lowest BCUT2D eigenvalue weighted by Crippen LogP contribution is -2.47. The summed E-state index contributed by atoms with van der Waals surface area (Å²) in [5.74, 6) is -0.000538. The van der Waals surface area contributed by atoms with E-state index in [1.807, 2.05) is 13.8 Å². The molecule has 0 aliphatic carbocycles.